The third-order valence-corrected chi connectivity index (χ3v) is 6.24. The van der Waals surface area contributed by atoms with E-state index >= 15 is 0 Å². The normalized spacial score (nSPS) is 15.5. The first-order valence-electron chi connectivity index (χ1n) is 8.25. The second kappa shape index (κ2) is 6.69. The van der Waals surface area contributed by atoms with Gasteiger partial charge in [-0.15, -0.1) is 11.3 Å². The van der Waals surface area contributed by atoms with Gasteiger partial charge in [0, 0.05) is 29.4 Å². The number of aryl methyl sites for hydroxylation is 1. The summed E-state index contributed by atoms with van der Waals surface area (Å²) in [7, 11) is 0. The molecule has 26 heavy (non-hydrogen) atoms. The van der Waals surface area contributed by atoms with Gasteiger partial charge in [0.05, 0.1) is 4.88 Å². The number of anilines is 1. The summed E-state index contributed by atoms with van der Waals surface area (Å²) in [5, 5.41) is 16.3. The summed E-state index contributed by atoms with van der Waals surface area (Å²) in [6, 6.07) is 3.85. The smallest absolute Gasteiger partial charge is 0.358 e. The molecule has 0 spiro atoms. The van der Waals surface area contributed by atoms with Crippen molar-refractivity contribution in [2.24, 2.45) is 0 Å². The van der Waals surface area contributed by atoms with Crippen molar-refractivity contribution in [3.05, 3.63) is 43.6 Å². The molecule has 136 valence electrons. The van der Waals surface area contributed by atoms with E-state index in [2.05, 4.69) is 10.3 Å². The zero-order valence-electron chi connectivity index (χ0n) is 14.0. The SMILES string of the molecule is Cc1ccc(C(=O)NC2CCN(c3nc4sccn4c3[N+](=O)[O-])CC2)s1. The molecule has 3 aromatic rings. The van der Waals surface area contributed by atoms with Crippen molar-refractivity contribution in [1.29, 1.82) is 0 Å². The number of nitro groups is 1. The third-order valence-electron chi connectivity index (χ3n) is 4.49. The van der Waals surface area contributed by atoms with E-state index in [0.717, 1.165) is 22.6 Å². The van der Waals surface area contributed by atoms with Crippen LogP contribution in [0.3, 0.4) is 0 Å². The molecule has 0 saturated carbocycles. The van der Waals surface area contributed by atoms with Gasteiger partial charge >= 0.3 is 5.82 Å². The number of imidazole rings is 1. The number of rotatable bonds is 4. The number of carbonyl (C=O) groups is 1. The highest BCUT2D eigenvalue weighted by molar-refractivity contribution is 7.15. The summed E-state index contributed by atoms with van der Waals surface area (Å²) in [5.41, 5.74) is 0. The fourth-order valence-electron chi connectivity index (χ4n) is 3.19. The number of hydrogen-bond donors (Lipinski definition) is 1. The van der Waals surface area contributed by atoms with Gasteiger partial charge in [0.25, 0.3) is 10.9 Å². The predicted molar refractivity (Wildman–Crippen MR) is 101 cm³/mol. The zero-order valence-corrected chi connectivity index (χ0v) is 15.7. The molecule has 0 atom stereocenters. The molecule has 3 aromatic heterocycles. The summed E-state index contributed by atoms with van der Waals surface area (Å²) >= 11 is 2.86. The minimum Gasteiger partial charge on any atom is -0.358 e. The lowest BCUT2D eigenvalue weighted by molar-refractivity contribution is -0.389. The quantitative estimate of drug-likeness (QED) is 0.545. The Morgan fingerprint density at radius 1 is 1.38 bits per heavy atom. The second-order valence-corrected chi connectivity index (χ2v) is 8.38. The van der Waals surface area contributed by atoms with Gasteiger partial charge in [-0.1, -0.05) is 11.3 Å². The molecule has 10 heteroatoms. The van der Waals surface area contributed by atoms with Crippen molar-refractivity contribution in [1.82, 2.24) is 14.7 Å². The van der Waals surface area contributed by atoms with Crippen LogP contribution >= 0.6 is 22.7 Å². The molecule has 1 N–H and O–H groups in total. The van der Waals surface area contributed by atoms with E-state index < -0.39 is 0 Å². The van der Waals surface area contributed by atoms with Crippen LogP contribution in [0.5, 0.6) is 0 Å². The summed E-state index contributed by atoms with van der Waals surface area (Å²) in [4.78, 5) is 32.2. The molecule has 1 aliphatic heterocycles. The molecule has 0 radical (unpaired) electrons. The summed E-state index contributed by atoms with van der Waals surface area (Å²) in [6.45, 7) is 3.22. The second-order valence-electron chi connectivity index (χ2n) is 6.22. The van der Waals surface area contributed by atoms with Gasteiger partial charge in [0.2, 0.25) is 5.82 Å². The lowest BCUT2D eigenvalue weighted by Gasteiger charge is -2.32. The van der Waals surface area contributed by atoms with E-state index in [-0.39, 0.29) is 22.7 Å². The molecule has 4 rings (SSSR count). The molecule has 1 aliphatic rings. The Hall–Kier alpha value is -2.46. The minimum absolute atomic E-state index is 0.0118. The van der Waals surface area contributed by atoms with Gasteiger partial charge in [-0.05, 0) is 36.8 Å². The fourth-order valence-corrected chi connectivity index (χ4v) is 4.67. The molecule has 0 bridgehead atoms. The van der Waals surface area contributed by atoms with Crippen molar-refractivity contribution in [2.75, 3.05) is 18.0 Å². The zero-order chi connectivity index (χ0) is 18.3. The maximum Gasteiger partial charge on any atom is 0.373 e. The molecule has 0 aliphatic carbocycles. The number of aromatic nitrogens is 2. The van der Waals surface area contributed by atoms with Gasteiger partial charge in [0.15, 0.2) is 0 Å². The number of nitrogens with one attached hydrogen (secondary N) is 1. The Kier molecular flexibility index (Phi) is 4.37. The Labute approximate surface area is 157 Å². The van der Waals surface area contributed by atoms with Crippen molar-refractivity contribution in [3.63, 3.8) is 0 Å². The molecule has 8 nitrogen and oxygen atoms in total. The number of piperidine rings is 1. The lowest BCUT2D eigenvalue weighted by Crippen LogP contribution is -2.44. The van der Waals surface area contributed by atoms with Crippen molar-refractivity contribution < 1.29 is 9.72 Å². The highest BCUT2D eigenvalue weighted by Gasteiger charge is 2.31. The lowest BCUT2D eigenvalue weighted by atomic mass is 10.0. The molecular formula is C16H17N5O3S2. The van der Waals surface area contributed by atoms with Gasteiger partial charge in [-0.2, -0.15) is 9.38 Å². The summed E-state index contributed by atoms with van der Waals surface area (Å²) in [5.74, 6) is 0.383. The van der Waals surface area contributed by atoms with Gasteiger partial charge in [-0.25, -0.2) is 0 Å². The van der Waals surface area contributed by atoms with Gasteiger partial charge < -0.3 is 20.3 Å². The van der Waals surface area contributed by atoms with Gasteiger partial charge in [0.1, 0.15) is 6.20 Å². The number of nitrogens with zero attached hydrogens (tertiary/aromatic N) is 4. The van der Waals surface area contributed by atoms with Crippen molar-refractivity contribution >= 4 is 45.2 Å². The number of hydrogen-bond acceptors (Lipinski definition) is 7. The maximum absolute atomic E-state index is 12.3. The molecule has 1 fully saturated rings. The minimum atomic E-state index is -0.380. The molecule has 0 aromatic carbocycles. The Morgan fingerprint density at radius 2 is 2.15 bits per heavy atom. The van der Waals surface area contributed by atoms with Crippen LogP contribution in [-0.4, -0.2) is 39.3 Å². The number of fused-ring (bicyclic) bond motifs is 1. The first-order chi connectivity index (χ1) is 12.5. The first-order valence-corrected chi connectivity index (χ1v) is 9.94. The molecule has 4 heterocycles. The monoisotopic (exact) mass is 391 g/mol. The van der Waals surface area contributed by atoms with Crippen LogP contribution in [0.2, 0.25) is 0 Å². The van der Waals surface area contributed by atoms with Crippen LogP contribution in [0, 0.1) is 17.0 Å². The number of amides is 1. The number of thiazole rings is 1. The Morgan fingerprint density at radius 3 is 2.81 bits per heavy atom. The van der Waals surface area contributed by atoms with Crippen LogP contribution in [0.25, 0.3) is 4.96 Å². The van der Waals surface area contributed by atoms with E-state index in [9.17, 15) is 14.9 Å². The highest BCUT2D eigenvalue weighted by atomic mass is 32.1. The van der Waals surface area contributed by atoms with Crippen LogP contribution in [0.1, 0.15) is 27.4 Å². The van der Waals surface area contributed by atoms with E-state index in [1.807, 2.05) is 24.0 Å². The summed E-state index contributed by atoms with van der Waals surface area (Å²) < 4.78 is 1.52. The van der Waals surface area contributed by atoms with Crippen LogP contribution < -0.4 is 10.2 Å². The van der Waals surface area contributed by atoms with Crippen LogP contribution in [0.15, 0.2) is 23.7 Å². The fraction of sp³-hybridized carbons (Fsp3) is 0.375. The van der Waals surface area contributed by atoms with E-state index in [0.29, 0.717) is 23.9 Å². The maximum atomic E-state index is 12.3. The average Bonchev–Trinajstić information content (AvgIpc) is 3.30. The van der Waals surface area contributed by atoms with E-state index in [4.69, 9.17) is 0 Å². The topological polar surface area (TPSA) is 92.8 Å². The largest absolute Gasteiger partial charge is 0.373 e. The number of carbonyl (C=O) groups excluding carboxylic acids is 1. The molecule has 1 saturated heterocycles. The number of thiophene rings is 1. The van der Waals surface area contributed by atoms with Crippen LogP contribution in [-0.2, 0) is 0 Å². The molecule has 1 amide bonds. The summed E-state index contributed by atoms with van der Waals surface area (Å²) in [6.07, 6.45) is 3.14. The van der Waals surface area contributed by atoms with Crippen molar-refractivity contribution in [3.8, 4) is 0 Å². The van der Waals surface area contributed by atoms with E-state index in [1.165, 1.54) is 27.1 Å². The standard InChI is InChI=1S/C16H17N5O3S2/c1-10-2-3-12(26-10)14(22)17-11-4-6-19(7-5-11)13-15(21(23)24)20-8-9-25-16(20)18-13/h2-3,8-9,11H,4-7H2,1H3,(H,17,22). The third kappa shape index (κ3) is 3.06. The Balaban J connectivity index is 1.44. The van der Waals surface area contributed by atoms with E-state index in [1.54, 1.807) is 11.6 Å². The Bertz CT molecular complexity index is 968. The predicted octanol–water partition coefficient (Wildman–Crippen LogP) is 3.07. The molecular weight excluding hydrogens is 374 g/mol. The first kappa shape index (κ1) is 17.0. The van der Waals surface area contributed by atoms with Crippen molar-refractivity contribution in [2.45, 2.75) is 25.8 Å². The highest BCUT2D eigenvalue weighted by Crippen LogP contribution is 2.32. The van der Waals surface area contributed by atoms with Gasteiger partial charge in [-0.3, -0.25) is 4.79 Å². The van der Waals surface area contributed by atoms with Crippen LogP contribution in [0.4, 0.5) is 11.6 Å². The average molecular weight is 391 g/mol. The molecule has 0 unspecified atom stereocenters.